The molecule has 0 fully saturated rings. The molecule has 0 radical (unpaired) electrons. The van der Waals surface area contributed by atoms with Gasteiger partial charge in [0, 0.05) is 31.5 Å². The second-order valence-corrected chi connectivity index (χ2v) is 3.65. The van der Waals surface area contributed by atoms with E-state index in [2.05, 4.69) is 4.98 Å². The van der Waals surface area contributed by atoms with Gasteiger partial charge < -0.3 is 10.8 Å². The first kappa shape index (κ1) is 14.0. The summed E-state index contributed by atoms with van der Waals surface area (Å²) in [6.07, 6.45) is 0.765. The molecule has 0 spiro atoms. The number of hydrogen-bond acceptors (Lipinski definition) is 4. The summed E-state index contributed by atoms with van der Waals surface area (Å²) < 4.78 is 24.9. The molecule has 1 unspecified atom stereocenters. The number of halogens is 2. The number of nitrogens with zero attached hydrogens (tertiary/aromatic N) is 2. The zero-order valence-corrected chi connectivity index (χ0v) is 9.47. The molecule has 0 saturated heterocycles. The van der Waals surface area contributed by atoms with Crippen molar-refractivity contribution < 1.29 is 13.9 Å². The van der Waals surface area contributed by atoms with E-state index in [1.165, 1.54) is 4.90 Å². The van der Waals surface area contributed by atoms with E-state index >= 15 is 0 Å². The highest BCUT2D eigenvalue weighted by Crippen LogP contribution is 2.19. The molecule has 1 aromatic heterocycles. The third-order valence-electron chi connectivity index (χ3n) is 2.49. The number of aliphatic hydroxyl groups is 1. The highest BCUT2D eigenvalue weighted by molar-refractivity contribution is 5.14. The third-order valence-corrected chi connectivity index (χ3v) is 2.49. The molecule has 1 heterocycles. The van der Waals surface area contributed by atoms with E-state index in [4.69, 9.17) is 10.8 Å². The van der Waals surface area contributed by atoms with Crippen LogP contribution in [0.3, 0.4) is 0 Å². The molecular weight excluding hydrogens is 228 g/mol. The molecule has 6 heteroatoms. The Morgan fingerprint density at radius 3 is 2.71 bits per heavy atom. The second kappa shape index (κ2) is 7.26. The molecule has 0 saturated carbocycles. The van der Waals surface area contributed by atoms with Crippen LogP contribution in [0.2, 0.25) is 0 Å². The van der Waals surface area contributed by atoms with E-state index in [1.54, 1.807) is 24.5 Å². The average Bonchev–Trinajstić information content (AvgIpc) is 2.31. The number of hydrogen-bond donors (Lipinski definition) is 2. The summed E-state index contributed by atoms with van der Waals surface area (Å²) >= 11 is 0. The SMILES string of the molecule is NCC(c1cccnc1)N(CCO)CC(F)F. The fourth-order valence-electron chi connectivity index (χ4n) is 1.75. The van der Waals surface area contributed by atoms with E-state index in [1.807, 2.05) is 0 Å². The minimum Gasteiger partial charge on any atom is -0.395 e. The van der Waals surface area contributed by atoms with E-state index in [9.17, 15) is 8.78 Å². The number of alkyl halides is 2. The van der Waals surface area contributed by atoms with Crippen LogP contribution in [0.4, 0.5) is 8.78 Å². The van der Waals surface area contributed by atoms with Crippen LogP contribution in [0.15, 0.2) is 24.5 Å². The molecule has 0 aromatic carbocycles. The standard InChI is InChI=1S/C11H17F2N3O/c12-11(13)8-16(4-5-17)10(6-14)9-2-1-3-15-7-9/h1-3,7,10-11,17H,4-6,8,14H2. The van der Waals surface area contributed by atoms with E-state index in [0.29, 0.717) is 0 Å². The molecule has 0 bridgehead atoms. The normalized spacial score (nSPS) is 13.3. The van der Waals surface area contributed by atoms with Gasteiger partial charge in [-0.05, 0) is 11.6 Å². The maximum atomic E-state index is 12.4. The van der Waals surface area contributed by atoms with Crippen LogP contribution in [0.25, 0.3) is 0 Å². The maximum absolute atomic E-state index is 12.4. The smallest absolute Gasteiger partial charge is 0.251 e. The average molecular weight is 245 g/mol. The summed E-state index contributed by atoms with van der Waals surface area (Å²) in [5, 5.41) is 8.90. The zero-order valence-electron chi connectivity index (χ0n) is 9.47. The molecule has 1 rings (SSSR count). The predicted octanol–water partition coefficient (Wildman–Crippen LogP) is 0.641. The van der Waals surface area contributed by atoms with Gasteiger partial charge in [0.2, 0.25) is 0 Å². The van der Waals surface area contributed by atoms with Gasteiger partial charge in [0.25, 0.3) is 6.43 Å². The Morgan fingerprint density at radius 2 is 2.24 bits per heavy atom. The van der Waals surface area contributed by atoms with Crippen molar-refractivity contribution in [2.75, 3.05) is 26.2 Å². The molecule has 0 aliphatic rings. The predicted molar refractivity (Wildman–Crippen MR) is 60.7 cm³/mol. The topological polar surface area (TPSA) is 62.4 Å². The van der Waals surface area contributed by atoms with Gasteiger partial charge in [0.05, 0.1) is 13.2 Å². The Morgan fingerprint density at radius 1 is 1.47 bits per heavy atom. The minimum absolute atomic E-state index is 0.168. The first-order valence-corrected chi connectivity index (χ1v) is 5.42. The van der Waals surface area contributed by atoms with E-state index in [0.717, 1.165) is 5.56 Å². The second-order valence-electron chi connectivity index (χ2n) is 3.65. The third kappa shape index (κ3) is 4.33. The van der Waals surface area contributed by atoms with Gasteiger partial charge in [-0.2, -0.15) is 0 Å². The fourth-order valence-corrected chi connectivity index (χ4v) is 1.75. The highest BCUT2D eigenvalue weighted by atomic mass is 19.3. The summed E-state index contributed by atoms with van der Waals surface area (Å²) in [5.74, 6) is 0. The van der Waals surface area contributed by atoms with Crippen molar-refractivity contribution in [2.45, 2.75) is 12.5 Å². The first-order valence-electron chi connectivity index (χ1n) is 5.42. The van der Waals surface area contributed by atoms with Crippen LogP contribution in [0, 0.1) is 0 Å². The van der Waals surface area contributed by atoms with Crippen LogP contribution in [0.1, 0.15) is 11.6 Å². The molecular formula is C11H17F2N3O. The van der Waals surface area contributed by atoms with Gasteiger partial charge in [-0.15, -0.1) is 0 Å². The lowest BCUT2D eigenvalue weighted by Gasteiger charge is -2.30. The van der Waals surface area contributed by atoms with Crippen LogP contribution in [0.5, 0.6) is 0 Å². The molecule has 0 aliphatic heterocycles. The minimum atomic E-state index is -2.45. The maximum Gasteiger partial charge on any atom is 0.251 e. The molecule has 3 N–H and O–H groups in total. The fraction of sp³-hybridized carbons (Fsp3) is 0.545. The van der Waals surface area contributed by atoms with Crippen molar-refractivity contribution in [3.63, 3.8) is 0 Å². The number of aromatic nitrogens is 1. The number of nitrogens with two attached hydrogens (primary N) is 1. The summed E-state index contributed by atoms with van der Waals surface area (Å²) in [6, 6.07) is 3.18. The van der Waals surface area contributed by atoms with Gasteiger partial charge in [0.15, 0.2) is 0 Å². The quantitative estimate of drug-likeness (QED) is 0.740. The highest BCUT2D eigenvalue weighted by Gasteiger charge is 2.21. The summed E-state index contributed by atoms with van der Waals surface area (Å²) in [4.78, 5) is 5.42. The molecule has 17 heavy (non-hydrogen) atoms. The van der Waals surface area contributed by atoms with Crippen LogP contribution >= 0.6 is 0 Å². The lowest BCUT2D eigenvalue weighted by molar-refractivity contribution is 0.0561. The Labute approximate surface area is 99.1 Å². The van der Waals surface area contributed by atoms with Crippen molar-refractivity contribution in [1.82, 2.24) is 9.88 Å². The molecule has 96 valence electrons. The lowest BCUT2D eigenvalue weighted by atomic mass is 10.1. The molecule has 0 aliphatic carbocycles. The van der Waals surface area contributed by atoms with Crippen molar-refractivity contribution in [1.29, 1.82) is 0 Å². The Kier molecular flexibility index (Phi) is 5.96. The van der Waals surface area contributed by atoms with Crippen LogP contribution in [-0.2, 0) is 0 Å². The van der Waals surface area contributed by atoms with Crippen molar-refractivity contribution in [3.05, 3.63) is 30.1 Å². The lowest BCUT2D eigenvalue weighted by Crippen LogP contribution is -2.38. The number of aliphatic hydroxyl groups excluding tert-OH is 1. The summed E-state index contributed by atoms with van der Waals surface area (Å²) in [6.45, 7) is -0.208. The first-order chi connectivity index (χ1) is 8.19. The van der Waals surface area contributed by atoms with Crippen molar-refractivity contribution >= 4 is 0 Å². The van der Waals surface area contributed by atoms with Gasteiger partial charge >= 0.3 is 0 Å². The monoisotopic (exact) mass is 245 g/mol. The number of rotatable bonds is 7. The van der Waals surface area contributed by atoms with Gasteiger partial charge in [-0.3, -0.25) is 9.88 Å². The Balaban J connectivity index is 2.81. The van der Waals surface area contributed by atoms with Crippen LogP contribution < -0.4 is 5.73 Å². The van der Waals surface area contributed by atoms with Gasteiger partial charge in [-0.1, -0.05) is 6.07 Å². The molecule has 1 aromatic rings. The summed E-state index contributed by atoms with van der Waals surface area (Å²) in [7, 11) is 0. The Hall–Kier alpha value is -1.11. The van der Waals surface area contributed by atoms with Crippen LogP contribution in [-0.4, -0.2) is 47.7 Å². The zero-order chi connectivity index (χ0) is 12.7. The van der Waals surface area contributed by atoms with Gasteiger partial charge in [-0.25, -0.2) is 8.78 Å². The van der Waals surface area contributed by atoms with E-state index < -0.39 is 13.0 Å². The van der Waals surface area contributed by atoms with Gasteiger partial charge in [0.1, 0.15) is 0 Å². The Bertz CT molecular complexity index is 311. The summed E-state index contributed by atoms with van der Waals surface area (Å²) in [5.41, 5.74) is 6.40. The molecule has 4 nitrogen and oxygen atoms in total. The van der Waals surface area contributed by atoms with E-state index in [-0.39, 0.29) is 25.7 Å². The van der Waals surface area contributed by atoms with Crippen molar-refractivity contribution in [2.24, 2.45) is 5.73 Å². The number of pyridine rings is 1. The van der Waals surface area contributed by atoms with Crippen molar-refractivity contribution in [3.8, 4) is 0 Å². The molecule has 1 atom stereocenters. The largest absolute Gasteiger partial charge is 0.395 e. The molecule has 0 amide bonds.